The first-order valence-electron chi connectivity index (χ1n) is 2.39. The summed E-state index contributed by atoms with van der Waals surface area (Å²) < 4.78 is 0. The van der Waals surface area contributed by atoms with Crippen LogP contribution in [0.4, 0.5) is 0 Å². The molecule has 42 valence electrons. The van der Waals surface area contributed by atoms with Gasteiger partial charge in [-0.3, -0.25) is 0 Å². The van der Waals surface area contributed by atoms with Gasteiger partial charge in [-0.15, -0.1) is 7.05 Å². The average Bonchev–Trinajstić information content (AvgIpc) is 1.77. The van der Waals surface area contributed by atoms with Crippen molar-refractivity contribution in [2.45, 2.75) is 0 Å². The normalized spacial score (nSPS) is 26.6. The van der Waals surface area contributed by atoms with E-state index < -0.39 is 0 Å². The Hall–Kier alpha value is -0.890. The number of nitrogens with one attached hydrogen (secondary N) is 1. The number of amides is 1. The van der Waals surface area contributed by atoms with Crippen LogP contribution in [0.25, 0.3) is 0 Å². The predicted molar refractivity (Wildman–Crippen MR) is 29.6 cm³/mol. The molecule has 0 radical (unpaired) electrons. The van der Waals surface area contributed by atoms with Crippen LogP contribution < -0.4 is 4.90 Å². The second-order valence-corrected chi connectivity index (χ2v) is 1.61. The molecule has 0 aromatic rings. The Kier molecular flexibility index (Phi) is 1.26. The van der Waals surface area contributed by atoms with E-state index in [9.17, 15) is 4.79 Å². The summed E-state index contributed by atoms with van der Waals surface area (Å²) in [6.45, 7) is 0. The van der Waals surface area contributed by atoms with E-state index in [0.29, 0.717) is 4.90 Å². The van der Waals surface area contributed by atoms with E-state index in [0.717, 1.165) is 0 Å². The molecule has 1 unspecified atom stereocenters. The van der Waals surface area contributed by atoms with Crippen molar-refractivity contribution in [3.63, 3.8) is 0 Å². The van der Waals surface area contributed by atoms with Gasteiger partial charge in [0.1, 0.15) is 0 Å². The Balaban J connectivity index is 2.74. The van der Waals surface area contributed by atoms with Gasteiger partial charge in [0.25, 0.3) is 0 Å². The van der Waals surface area contributed by atoms with Crippen molar-refractivity contribution in [3.05, 3.63) is 31.5 Å². The fourth-order valence-electron chi connectivity index (χ4n) is 0.504. The van der Waals surface area contributed by atoms with Crippen molar-refractivity contribution >= 4 is 5.91 Å². The van der Waals surface area contributed by atoms with Gasteiger partial charge in [0, 0.05) is 6.08 Å². The Bertz CT molecular complexity index is 158. The molecule has 2 nitrogen and oxygen atoms in total. The molecular weight excluding hydrogens is 102 g/mol. The second-order valence-electron chi connectivity index (χ2n) is 1.61. The molecule has 1 aliphatic rings. The first kappa shape index (κ1) is 5.25. The standard InChI is InChI=1S/C6H7NO/c1-7-5-3-2-4-6(7)8/h2-5,7H,1H2. The lowest BCUT2D eigenvalue weighted by molar-refractivity contribution is -0.707. The number of carbonyl (C=O) groups is 1. The predicted octanol–water partition coefficient (Wildman–Crippen LogP) is -0.727. The molecule has 1 atom stereocenters. The minimum Gasteiger partial charge on any atom is -0.374 e. The second kappa shape index (κ2) is 1.92. The van der Waals surface area contributed by atoms with Crippen LogP contribution in [-0.2, 0) is 4.79 Å². The highest BCUT2D eigenvalue weighted by Crippen LogP contribution is 1.76. The van der Waals surface area contributed by atoms with Crippen molar-refractivity contribution < 1.29 is 9.69 Å². The quantitative estimate of drug-likeness (QED) is 0.407. The van der Waals surface area contributed by atoms with Crippen LogP contribution in [-0.4, -0.2) is 5.91 Å². The molecule has 0 saturated carbocycles. The summed E-state index contributed by atoms with van der Waals surface area (Å²) in [6.07, 6.45) is 6.70. The summed E-state index contributed by atoms with van der Waals surface area (Å²) in [5.41, 5.74) is 0. The molecule has 0 fully saturated rings. The van der Waals surface area contributed by atoms with Crippen LogP contribution in [0.3, 0.4) is 0 Å². The van der Waals surface area contributed by atoms with E-state index in [4.69, 9.17) is 0 Å². The number of quaternary nitrogens is 1. The van der Waals surface area contributed by atoms with Crippen molar-refractivity contribution in [1.29, 1.82) is 0 Å². The summed E-state index contributed by atoms with van der Waals surface area (Å²) >= 11 is 0. The fraction of sp³-hybridized carbons (Fsp3) is 0. The molecule has 0 aromatic heterocycles. The van der Waals surface area contributed by atoms with Crippen LogP contribution in [0.2, 0.25) is 0 Å². The fourth-order valence-corrected chi connectivity index (χ4v) is 0.504. The molecule has 0 bridgehead atoms. The van der Waals surface area contributed by atoms with Gasteiger partial charge in [0.15, 0.2) is 0 Å². The van der Waals surface area contributed by atoms with Gasteiger partial charge in [-0.2, -0.15) is 0 Å². The van der Waals surface area contributed by atoms with Crippen LogP contribution in [0.15, 0.2) is 24.4 Å². The van der Waals surface area contributed by atoms with Crippen molar-refractivity contribution in [1.82, 2.24) is 0 Å². The molecular formula is C6H7NO. The Labute approximate surface area is 48.1 Å². The lowest BCUT2D eigenvalue weighted by atomic mass is 10.4. The van der Waals surface area contributed by atoms with Crippen LogP contribution in [0.1, 0.15) is 0 Å². The van der Waals surface area contributed by atoms with Crippen molar-refractivity contribution in [2.75, 3.05) is 0 Å². The van der Waals surface area contributed by atoms with E-state index in [2.05, 4.69) is 7.05 Å². The summed E-state index contributed by atoms with van der Waals surface area (Å²) in [4.78, 5) is 11.1. The zero-order chi connectivity index (χ0) is 5.98. The van der Waals surface area contributed by atoms with Gasteiger partial charge in [-0.05, 0) is 12.2 Å². The van der Waals surface area contributed by atoms with Gasteiger partial charge >= 0.3 is 5.91 Å². The topological polar surface area (TPSA) is 21.5 Å². The largest absolute Gasteiger partial charge is 0.374 e. The third-order valence-electron chi connectivity index (χ3n) is 0.973. The summed E-state index contributed by atoms with van der Waals surface area (Å²) in [5, 5.41) is 0. The van der Waals surface area contributed by atoms with E-state index >= 15 is 0 Å². The molecule has 1 amide bonds. The van der Waals surface area contributed by atoms with Crippen molar-refractivity contribution in [3.8, 4) is 0 Å². The zero-order valence-corrected chi connectivity index (χ0v) is 4.42. The Morgan fingerprint density at radius 2 is 2.25 bits per heavy atom. The minimum absolute atomic E-state index is 0.00694. The molecule has 0 aliphatic carbocycles. The number of carbonyl (C=O) groups excluding carboxylic acids is 1. The SMILES string of the molecule is [CH2-][NH+]1C=CC=CC1=O. The number of rotatable bonds is 0. The third-order valence-corrected chi connectivity index (χ3v) is 0.973. The van der Waals surface area contributed by atoms with E-state index in [1.165, 1.54) is 6.08 Å². The van der Waals surface area contributed by atoms with Gasteiger partial charge in [-0.1, -0.05) is 0 Å². The lowest BCUT2D eigenvalue weighted by Gasteiger charge is -2.10. The molecule has 2 heteroatoms. The highest BCUT2D eigenvalue weighted by molar-refractivity contribution is 5.81. The van der Waals surface area contributed by atoms with E-state index in [-0.39, 0.29) is 5.91 Å². The maximum atomic E-state index is 10.6. The van der Waals surface area contributed by atoms with Crippen LogP contribution in [0.5, 0.6) is 0 Å². The summed E-state index contributed by atoms with van der Waals surface area (Å²) in [5.74, 6) is 0.00694. The highest BCUT2D eigenvalue weighted by Gasteiger charge is 2.02. The molecule has 1 aliphatic heterocycles. The molecule has 1 N–H and O–H groups in total. The highest BCUT2D eigenvalue weighted by atomic mass is 16.2. The molecule has 0 saturated heterocycles. The number of allylic oxidation sites excluding steroid dienone is 2. The monoisotopic (exact) mass is 109 g/mol. The number of hydrogen-bond donors (Lipinski definition) is 1. The van der Waals surface area contributed by atoms with Gasteiger partial charge in [0.2, 0.25) is 0 Å². The molecule has 0 aromatic carbocycles. The molecule has 1 rings (SSSR count). The Morgan fingerprint density at radius 3 is 2.62 bits per heavy atom. The Morgan fingerprint density at radius 1 is 1.50 bits per heavy atom. The maximum Gasteiger partial charge on any atom is 0.315 e. The first-order chi connectivity index (χ1) is 3.80. The third kappa shape index (κ3) is 0.845. The maximum absolute atomic E-state index is 10.6. The summed E-state index contributed by atoms with van der Waals surface area (Å²) in [6, 6.07) is 0. The van der Waals surface area contributed by atoms with Crippen LogP contribution >= 0.6 is 0 Å². The lowest BCUT2D eigenvalue weighted by Crippen LogP contribution is -3.05. The molecule has 8 heavy (non-hydrogen) atoms. The smallest absolute Gasteiger partial charge is 0.315 e. The molecule has 1 heterocycles. The van der Waals surface area contributed by atoms with Gasteiger partial charge in [-0.25, -0.2) is 4.79 Å². The van der Waals surface area contributed by atoms with Crippen molar-refractivity contribution in [2.24, 2.45) is 0 Å². The van der Waals surface area contributed by atoms with Gasteiger partial charge < -0.3 is 4.90 Å². The summed E-state index contributed by atoms with van der Waals surface area (Å²) in [7, 11) is 3.51. The average molecular weight is 109 g/mol. The van der Waals surface area contributed by atoms with Crippen LogP contribution in [0, 0.1) is 7.05 Å². The van der Waals surface area contributed by atoms with E-state index in [1.807, 2.05) is 0 Å². The molecule has 0 spiro atoms. The van der Waals surface area contributed by atoms with Gasteiger partial charge in [0.05, 0.1) is 6.20 Å². The number of hydrogen-bond acceptors (Lipinski definition) is 1. The zero-order valence-electron chi connectivity index (χ0n) is 4.42. The van der Waals surface area contributed by atoms with E-state index in [1.54, 1.807) is 18.4 Å². The first-order valence-corrected chi connectivity index (χ1v) is 2.39. The minimum atomic E-state index is 0.00694.